The third-order valence-corrected chi connectivity index (χ3v) is 6.20. The number of piperidine rings is 1. The van der Waals surface area contributed by atoms with E-state index >= 15 is 0 Å². The van der Waals surface area contributed by atoms with Gasteiger partial charge in [-0.05, 0) is 59.2 Å². The molecule has 1 aromatic heterocycles. The van der Waals surface area contributed by atoms with Gasteiger partial charge in [-0.1, -0.05) is 36.8 Å². The first-order chi connectivity index (χ1) is 16.3. The van der Waals surface area contributed by atoms with Crippen molar-refractivity contribution in [1.29, 1.82) is 0 Å². The molecule has 2 aliphatic heterocycles. The lowest BCUT2D eigenvalue weighted by Crippen LogP contribution is -2.41. The van der Waals surface area contributed by atoms with Gasteiger partial charge in [0.15, 0.2) is 0 Å². The van der Waals surface area contributed by atoms with E-state index in [-0.39, 0.29) is 6.09 Å². The average Bonchev–Trinajstić information content (AvgIpc) is 2.81. The number of nitrogens with zero attached hydrogens (tertiary/aromatic N) is 4. The minimum absolute atomic E-state index is 0.298. The second-order valence-electron chi connectivity index (χ2n) is 10.1. The Hall–Kier alpha value is -2.87. The SMILES string of the molecule is CN1CCCC[C@H]1COc1nc2c(c(OCc3ccccc3)n1)CCN(C(=O)OC(C)(C)C)C2. The van der Waals surface area contributed by atoms with E-state index in [0.717, 1.165) is 29.8 Å². The van der Waals surface area contributed by atoms with Gasteiger partial charge in [-0.3, -0.25) is 0 Å². The lowest BCUT2D eigenvalue weighted by molar-refractivity contribution is 0.0218. The van der Waals surface area contributed by atoms with E-state index in [1.165, 1.54) is 12.8 Å². The highest BCUT2D eigenvalue weighted by molar-refractivity contribution is 5.68. The third-order valence-electron chi connectivity index (χ3n) is 6.20. The quantitative estimate of drug-likeness (QED) is 0.628. The number of carbonyl (C=O) groups is 1. The van der Waals surface area contributed by atoms with Crippen LogP contribution in [0.15, 0.2) is 30.3 Å². The van der Waals surface area contributed by atoms with Gasteiger partial charge in [0, 0.05) is 18.2 Å². The number of rotatable bonds is 6. The summed E-state index contributed by atoms with van der Waals surface area (Å²) < 4.78 is 17.8. The standard InChI is InChI=1S/C26H36N4O4/c1-26(2,3)34-25(31)30-15-13-21-22(16-30)27-24(33-18-20-12-8-9-14-29(20)4)28-23(21)32-17-19-10-6-5-7-11-19/h5-7,10-11,20H,8-9,12-18H2,1-4H3/t20-/m0/s1. The Morgan fingerprint density at radius 1 is 1.09 bits per heavy atom. The predicted molar refractivity (Wildman–Crippen MR) is 129 cm³/mol. The van der Waals surface area contributed by atoms with E-state index in [2.05, 4.69) is 21.9 Å². The molecule has 0 radical (unpaired) electrons. The topological polar surface area (TPSA) is 77.0 Å². The Labute approximate surface area is 202 Å². The van der Waals surface area contributed by atoms with Crippen molar-refractivity contribution in [2.75, 3.05) is 26.7 Å². The van der Waals surface area contributed by atoms with Crippen LogP contribution in [0.1, 0.15) is 56.9 Å². The zero-order valence-electron chi connectivity index (χ0n) is 20.7. The van der Waals surface area contributed by atoms with E-state index in [0.29, 0.717) is 50.7 Å². The first kappa shape index (κ1) is 24.3. The molecule has 0 saturated carbocycles. The molecule has 2 aliphatic rings. The van der Waals surface area contributed by atoms with Crippen LogP contribution in [0.3, 0.4) is 0 Å². The highest BCUT2D eigenvalue weighted by Gasteiger charge is 2.30. The van der Waals surface area contributed by atoms with Crippen molar-refractivity contribution in [3.05, 3.63) is 47.2 Å². The number of carbonyl (C=O) groups excluding carboxylic acids is 1. The summed E-state index contributed by atoms with van der Waals surface area (Å²) in [7, 11) is 2.13. The van der Waals surface area contributed by atoms with Gasteiger partial charge in [0.2, 0.25) is 5.88 Å². The van der Waals surface area contributed by atoms with E-state index in [4.69, 9.17) is 14.2 Å². The molecule has 0 bridgehead atoms. The molecule has 1 amide bonds. The van der Waals surface area contributed by atoms with Gasteiger partial charge in [0.05, 0.1) is 12.2 Å². The lowest BCUT2D eigenvalue weighted by atomic mass is 10.0. The molecule has 3 heterocycles. The van der Waals surface area contributed by atoms with Crippen molar-refractivity contribution in [1.82, 2.24) is 19.8 Å². The van der Waals surface area contributed by atoms with Crippen LogP contribution in [0.2, 0.25) is 0 Å². The molecule has 0 unspecified atom stereocenters. The summed E-state index contributed by atoms with van der Waals surface area (Å²) in [5.41, 5.74) is 2.19. The number of ether oxygens (including phenoxy) is 3. The maximum atomic E-state index is 12.7. The smallest absolute Gasteiger partial charge is 0.410 e. The molecule has 1 saturated heterocycles. The van der Waals surface area contributed by atoms with Crippen molar-refractivity contribution >= 4 is 6.09 Å². The van der Waals surface area contributed by atoms with Crippen LogP contribution in [-0.2, 0) is 24.3 Å². The fraction of sp³-hybridized carbons (Fsp3) is 0.577. The zero-order chi connectivity index (χ0) is 24.1. The van der Waals surface area contributed by atoms with Crippen molar-refractivity contribution in [2.45, 2.75) is 71.2 Å². The largest absolute Gasteiger partial charge is 0.472 e. The molecule has 0 N–H and O–H groups in total. The van der Waals surface area contributed by atoms with Gasteiger partial charge in [0.1, 0.15) is 18.8 Å². The van der Waals surface area contributed by atoms with Gasteiger partial charge < -0.3 is 24.0 Å². The molecule has 1 fully saturated rings. The van der Waals surface area contributed by atoms with Crippen LogP contribution in [0.5, 0.6) is 11.9 Å². The summed E-state index contributed by atoms with van der Waals surface area (Å²) in [6, 6.07) is 10.6. The van der Waals surface area contributed by atoms with Gasteiger partial charge >= 0.3 is 12.1 Å². The first-order valence-corrected chi connectivity index (χ1v) is 12.2. The molecule has 2 aromatic rings. The number of likely N-dealkylation sites (tertiary alicyclic amines) is 1. The first-order valence-electron chi connectivity index (χ1n) is 12.2. The number of likely N-dealkylation sites (N-methyl/N-ethyl adjacent to an activating group) is 1. The van der Waals surface area contributed by atoms with Gasteiger partial charge in [-0.25, -0.2) is 4.79 Å². The fourth-order valence-corrected chi connectivity index (χ4v) is 4.29. The van der Waals surface area contributed by atoms with Gasteiger partial charge in [0.25, 0.3) is 0 Å². The summed E-state index contributed by atoms with van der Waals surface area (Å²) in [4.78, 5) is 26.0. The number of fused-ring (bicyclic) bond motifs is 1. The molecule has 1 aromatic carbocycles. The summed E-state index contributed by atoms with van der Waals surface area (Å²) in [6.45, 7) is 8.50. The van der Waals surface area contributed by atoms with Gasteiger partial charge in [-0.15, -0.1) is 0 Å². The molecule has 8 heteroatoms. The molecule has 1 atom stereocenters. The summed E-state index contributed by atoms with van der Waals surface area (Å²) in [5, 5.41) is 0. The summed E-state index contributed by atoms with van der Waals surface area (Å²) >= 11 is 0. The van der Waals surface area contributed by atoms with Crippen molar-refractivity contribution in [3.8, 4) is 11.9 Å². The molecule has 0 aliphatic carbocycles. The minimum atomic E-state index is -0.548. The van der Waals surface area contributed by atoms with E-state index in [9.17, 15) is 4.79 Å². The summed E-state index contributed by atoms with van der Waals surface area (Å²) in [6.07, 6.45) is 3.80. The minimum Gasteiger partial charge on any atom is -0.472 e. The van der Waals surface area contributed by atoms with Crippen LogP contribution in [0, 0.1) is 0 Å². The van der Waals surface area contributed by atoms with Crippen LogP contribution in [-0.4, -0.2) is 64.2 Å². The van der Waals surface area contributed by atoms with Crippen LogP contribution in [0.25, 0.3) is 0 Å². The second-order valence-corrected chi connectivity index (χ2v) is 10.1. The molecule has 34 heavy (non-hydrogen) atoms. The number of amides is 1. The fourth-order valence-electron chi connectivity index (χ4n) is 4.29. The van der Waals surface area contributed by atoms with Crippen LogP contribution < -0.4 is 9.47 Å². The number of benzene rings is 1. The van der Waals surface area contributed by atoms with Crippen LogP contribution >= 0.6 is 0 Å². The zero-order valence-corrected chi connectivity index (χ0v) is 20.7. The third kappa shape index (κ3) is 6.38. The second kappa shape index (κ2) is 10.6. The van der Waals surface area contributed by atoms with Crippen LogP contribution in [0.4, 0.5) is 4.79 Å². The Kier molecular flexibility index (Phi) is 7.56. The highest BCUT2D eigenvalue weighted by atomic mass is 16.6. The normalized spacial score (nSPS) is 18.8. The van der Waals surface area contributed by atoms with Crippen molar-refractivity contribution in [2.24, 2.45) is 0 Å². The van der Waals surface area contributed by atoms with E-state index < -0.39 is 5.60 Å². The Morgan fingerprint density at radius 2 is 1.88 bits per heavy atom. The van der Waals surface area contributed by atoms with E-state index in [1.807, 2.05) is 51.1 Å². The van der Waals surface area contributed by atoms with E-state index in [1.54, 1.807) is 4.90 Å². The molecule has 4 rings (SSSR count). The predicted octanol–water partition coefficient (Wildman–Crippen LogP) is 4.21. The Bertz CT molecular complexity index is 977. The molecule has 0 spiro atoms. The number of hydrogen-bond acceptors (Lipinski definition) is 7. The Balaban J connectivity index is 1.53. The average molecular weight is 469 g/mol. The molecular weight excluding hydrogens is 432 g/mol. The summed E-state index contributed by atoms with van der Waals surface area (Å²) in [5.74, 6) is 0.532. The number of aromatic nitrogens is 2. The Morgan fingerprint density at radius 3 is 2.62 bits per heavy atom. The van der Waals surface area contributed by atoms with Crippen molar-refractivity contribution in [3.63, 3.8) is 0 Å². The lowest BCUT2D eigenvalue weighted by Gasteiger charge is -2.32. The number of hydrogen-bond donors (Lipinski definition) is 0. The maximum absolute atomic E-state index is 12.7. The molecule has 8 nitrogen and oxygen atoms in total. The molecular formula is C26H36N4O4. The highest BCUT2D eigenvalue weighted by Crippen LogP contribution is 2.29. The van der Waals surface area contributed by atoms with Gasteiger partial charge in [-0.2, -0.15) is 9.97 Å². The van der Waals surface area contributed by atoms with Crippen molar-refractivity contribution < 1.29 is 19.0 Å². The molecule has 184 valence electrons. The maximum Gasteiger partial charge on any atom is 0.410 e. The monoisotopic (exact) mass is 468 g/mol.